The van der Waals surface area contributed by atoms with E-state index in [2.05, 4.69) is 34.6 Å². The predicted octanol–water partition coefficient (Wildman–Crippen LogP) is 18.2. The van der Waals surface area contributed by atoms with Gasteiger partial charge in [0.05, 0.1) is 26.4 Å². The molecule has 0 spiro atoms. The van der Waals surface area contributed by atoms with Crippen molar-refractivity contribution in [2.45, 2.75) is 348 Å². The molecule has 0 aromatic carbocycles. The second-order valence-corrected chi connectivity index (χ2v) is 26.9. The van der Waals surface area contributed by atoms with Gasteiger partial charge >= 0.3 is 39.5 Å². The van der Waals surface area contributed by atoms with Crippen molar-refractivity contribution in [2.24, 2.45) is 5.92 Å². The highest BCUT2D eigenvalue weighted by atomic mass is 31.2. The highest BCUT2D eigenvalue weighted by Gasteiger charge is 2.30. The van der Waals surface area contributed by atoms with Gasteiger partial charge in [-0.05, 0) is 31.6 Å². The van der Waals surface area contributed by atoms with Crippen molar-refractivity contribution in [1.29, 1.82) is 0 Å². The molecule has 3 N–H and O–H groups in total. The largest absolute Gasteiger partial charge is 0.472 e. The molecule has 0 bridgehead atoms. The minimum Gasteiger partial charge on any atom is -0.462 e. The fraction of sp³-hybridized carbons (Fsp3) is 0.938. The summed E-state index contributed by atoms with van der Waals surface area (Å²) >= 11 is 0. The van der Waals surface area contributed by atoms with Crippen LogP contribution < -0.4 is 0 Å². The van der Waals surface area contributed by atoms with Gasteiger partial charge < -0.3 is 33.8 Å². The zero-order valence-corrected chi connectivity index (χ0v) is 55.8. The lowest BCUT2D eigenvalue weighted by molar-refractivity contribution is -0.161. The number of unbranched alkanes of at least 4 members (excludes halogenated alkanes) is 37. The van der Waals surface area contributed by atoms with Gasteiger partial charge in [-0.15, -0.1) is 0 Å². The van der Waals surface area contributed by atoms with Gasteiger partial charge in [0, 0.05) is 25.7 Å². The van der Waals surface area contributed by atoms with E-state index in [1.165, 1.54) is 135 Å². The van der Waals surface area contributed by atoms with Crippen LogP contribution in [-0.2, 0) is 65.4 Å². The van der Waals surface area contributed by atoms with E-state index in [1.54, 1.807) is 0 Å². The third-order valence-corrected chi connectivity index (χ3v) is 16.9. The van der Waals surface area contributed by atoms with Gasteiger partial charge in [0.1, 0.15) is 19.3 Å². The standard InChI is InChI=1S/C65H126O17P2/c1-6-9-12-15-17-18-19-20-21-25-28-31-35-39-44-49-63(68)76-55-61(82-65(70)51-46-41-36-32-29-26-23-22-24-27-30-34-38-42-47-58(4)5)57-80-84(73,74)78-53-59(66)52-77-83(71,72)79-56-60(54-75-62(67)48-43-37-14-11-8-3)81-64(69)50-45-40-33-16-13-10-7-2/h58-61,66H,6-57H2,1-5H3,(H,71,72)(H,73,74)/t59-,60+,61+/m0/s1. The van der Waals surface area contributed by atoms with Crippen molar-refractivity contribution < 1.29 is 80.2 Å². The van der Waals surface area contributed by atoms with Gasteiger partial charge in [-0.3, -0.25) is 37.3 Å². The van der Waals surface area contributed by atoms with Crippen LogP contribution in [0.2, 0.25) is 0 Å². The summed E-state index contributed by atoms with van der Waals surface area (Å²) in [5.74, 6) is -1.35. The van der Waals surface area contributed by atoms with Crippen molar-refractivity contribution in [3.8, 4) is 0 Å². The molecule has 19 heteroatoms. The van der Waals surface area contributed by atoms with Gasteiger partial charge in [0.2, 0.25) is 0 Å². The summed E-state index contributed by atoms with van der Waals surface area (Å²) in [7, 11) is -9.87. The quantitative estimate of drug-likeness (QED) is 0.0222. The van der Waals surface area contributed by atoms with Gasteiger partial charge in [-0.25, -0.2) is 9.13 Å². The molecule has 0 aliphatic rings. The van der Waals surface area contributed by atoms with Gasteiger partial charge in [0.25, 0.3) is 0 Å². The second kappa shape index (κ2) is 58.7. The normalized spacial score (nSPS) is 14.2. The van der Waals surface area contributed by atoms with Crippen LogP contribution in [0.5, 0.6) is 0 Å². The molecule has 84 heavy (non-hydrogen) atoms. The fourth-order valence-corrected chi connectivity index (χ4v) is 11.3. The molecule has 0 aromatic heterocycles. The first-order chi connectivity index (χ1) is 40.5. The fourth-order valence-electron chi connectivity index (χ4n) is 9.76. The molecule has 0 saturated carbocycles. The van der Waals surface area contributed by atoms with Crippen LogP contribution in [0.4, 0.5) is 0 Å². The topological polar surface area (TPSA) is 237 Å². The molecule has 0 radical (unpaired) electrons. The summed E-state index contributed by atoms with van der Waals surface area (Å²) in [5.41, 5.74) is 0. The van der Waals surface area contributed by atoms with Crippen molar-refractivity contribution >= 4 is 39.5 Å². The van der Waals surface area contributed by atoms with E-state index >= 15 is 0 Å². The molecule has 0 fully saturated rings. The average molecular weight is 1240 g/mol. The van der Waals surface area contributed by atoms with E-state index in [4.69, 9.17) is 37.0 Å². The van der Waals surface area contributed by atoms with Crippen LogP contribution in [0.3, 0.4) is 0 Å². The van der Waals surface area contributed by atoms with E-state index in [9.17, 15) is 43.2 Å². The Kier molecular flexibility index (Phi) is 57.4. The molecule has 0 rings (SSSR count). The second-order valence-electron chi connectivity index (χ2n) is 24.0. The summed E-state index contributed by atoms with van der Waals surface area (Å²) in [5, 5.41) is 10.5. The van der Waals surface area contributed by atoms with E-state index < -0.39 is 97.5 Å². The number of phosphoric acid groups is 2. The summed E-state index contributed by atoms with van der Waals surface area (Å²) in [6.45, 7) is 7.10. The number of rotatable bonds is 65. The third-order valence-electron chi connectivity index (χ3n) is 15.0. The molecular weight excluding hydrogens is 1110 g/mol. The van der Waals surface area contributed by atoms with Crippen LogP contribution in [0.15, 0.2) is 0 Å². The van der Waals surface area contributed by atoms with E-state index in [0.717, 1.165) is 115 Å². The highest BCUT2D eigenvalue weighted by molar-refractivity contribution is 7.47. The Bertz CT molecular complexity index is 1640. The van der Waals surface area contributed by atoms with E-state index in [0.29, 0.717) is 25.7 Å². The highest BCUT2D eigenvalue weighted by Crippen LogP contribution is 2.45. The Hall–Kier alpha value is -1.94. The SMILES string of the molecule is CCCCCCCCCCCCCCCCCC(=O)OC[C@H](COP(=O)(O)OC[C@@H](O)COP(=O)(O)OC[C@@H](COC(=O)CCCCCCC)OC(=O)CCCCCCCCC)OC(=O)CCCCCCCCCCCCCCCCC(C)C. The Morgan fingerprint density at radius 2 is 0.548 bits per heavy atom. The van der Waals surface area contributed by atoms with Gasteiger partial charge in [-0.2, -0.15) is 0 Å². The Labute approximate surface area is 511 Å². The molecule has 2 unspecified atom stereocenters. The van der Waals surface area contributed by atoms with Crippen molar-refractivity contribution in [3.05, 3.63) is 0 Å². The minimum atomic E-state index is -4.94. The van der Waals surface area contributed by atoms with E-state index in [-0.39, 0.29) is 25.7 Å². The number of phosphoric ester groups is 2. The lowest BCUT2D eigenvalue weighted by Gasteiger charge is -2.21. The number of aliphatic hydroxyl groups excluding tert-OH is 1. The van der Waals surface area contributed by atoms with Crippen LogP contribution >= 0.6 is 15.6 Å². The first kappa shape index (κ1) is 82.1. The Balaban J connectivity index is 5.13. The summed E-state index contributed by atoms with van der Waals surface area (Å²) in [4.78, 5) is 71.9. The minimum absolute atomic E-state index is 0.103. The first-order valence-corrected chi connectivity index (χ1v) is 37.1. The lowest BCUT2D eigenvalue weighted by Crippen LogP contribution is -2.30. The van der Waals surface area contributed by atoms with Gasteiger partial charge in [-0.1, -0.05) is 279 Å². The maximum absolute atomic E-state index is 13.0. The number of ether oxygens (including phenoxy) is 4. The predicted molar refractivity (Wildman–Crippen MR) is 335 cm³/mol. The molecular formula is C65H126O17P2. The molecule has 0 aliphatic heterocycles. The molecule has 5 atom stereocenters. The van der Waals surface area contributed by atoms with Crippen LogP contribution in [0.1, 0.15) is 330 Å². The number of esters is 4. The summed E-state index contributed by atoms with van der Waals surface area (Å²) < 4.78 is 67.7. The number of carbonyl (C=O) groups excluding carboxylic acids is 4. The molecule has 17 nitrogen and oxygen atoms in total. The van der Waals surface area contributed by atoms with Crippen LogP contribution in [-0.4, -0.2) is 96.7 Å². The smallest absolute Gasteiger partial charge is 0.462 e. The molecule has 0 aliphatic carbocycles. The van der Waals surface area contributed by atoms with Gasteiger partial charge in [0.15, 0.2) is 12.2 Å². The molecule has 0 aromatic rings. The maximum atomic E-state index is 13.0. The average Bonchev–Trinajstić information content (AvgIpc) is 3.56. The zero-order chi connectivity index (χ0) is 62.0. The monoisotopic (exact) mass is 1240 g/mol. The number of aliphatic hydroxyl groups is 1. The van der Waals surface area contributed by atoms with Crippen LogP contribution in [0, 0.1) is 5.92 Å². The van der Waals surface area contributed by atoms with Crippen molar-refractivity contribution in [3.63, 3.8) is 0 Å². The Morgan fingerprint density at radius 3 is 0.810 bits per heavy atom. The number of hydrogen-bond acceptors (Lipinski definition) is 15. The van der Waals surface area contributed by atoms with Crippen LogP contribution in [0.25, 0.3) is 0 Å². The summed E-state index contributed by atoms with van der Waals surface area (Å²) in [6, 6.07) is 0. The number of carbonyl (C=O) groups is 4. The molecule has 0 heterocycles. The first-order valence-electron chi connectivity index (χ1n) is 34.1. The lowest BCUT2D eigenvalue weighted by atomic mass is 10.0. The molecule has 498 valence electrons. The third kappa shape index (κ3) is 59.0. The molecule has 0 saturated heterocycles. The Morgan fingerprint density at radius 1 is 0.321 bits per heavy atom. The van der Waals surface area contributed by atoms with E-state index in [1.807, 2.05) is 0 Å². The molecule has 0 amide bonds. The van der Waals surface area contributed by atoms with Crippen molar-refractivity contribution in [2.75, 3.05) is 39.6 Å². The number of hydrogen-bond donors (Lipinski definition) is 3. The maximum Gasteiger partial charge on any atom is 0.472 e. The van der Waals surface area contributed by atoms with Crippen molar-refractivity contribution in [1.82, 2.24) is 0 Å². The summed E-state index contributed by atoms with van der Waals surface area (Å²) in [6.07, 6.45) is 43.6. The zero-order valence-electron chi connectivity index (χ0n) is 54.0.